The molecule has 5 nitrogen and oxygen atoms in total. The van der Waals surface area contributed by atoms with E-state index in [1.807, 2.05) is 18.2 Å². The van der Waals surface area contributed by atoms with Crippen molar-refractivity contribution in [3.05, 3.63) is 41.9 Å². The van der Waals surface area contributed by atoms with Crippen LogP contribution in [0.4, 0.5) is 0 Å². The lowest BCUT2D eigenvalue weighted by Crippen LogP contribution is -2.13. The molecule has 2 aromatic rings. The number of aromatic nitrogens is 2. The zero-order valence-corrected chi connectivity index (χ0v) is 12.8. The maximum Gasteiger partial charge on any atom is 0.237 e. The van der Waals surface area contributed by atoms with Crippen LogP contribution < -0.4 is 9.47 Å². The van der Waals surface area contributed by atoms with Crippen molar-refractivity contribution < 1.29 is 14.6 Å². The highest BCUT2D eigenvalue weighted by Gasteiger charge is 2.20. The predicted octanol–water partition coefficient (Wildman–Crippen LogP) is 3.07. The lowest BCUT2D eigenvalue weighted by Gasteiger charge is -2.23. The van der Waals surface area contributed by atoms with Crippen molar-refractivity contribution in [3.8, 4) is 17.4 Å². The number of benzene rings is 1. The van der Waals surface area contributed by atoms with E-state index in [1.165, 1.54) is 12.4 Å². The van der Waals surface area contributed by atoms with Crippen molar-refractivity contribution >= 4 is 0 Å². The molecule has 0 aliphatic heterocycles. The Morgan fingerprint density at radius 1 is 1.14 bits per heavy atom. The number of rotatable bonds is 4. The van der Waals surface area contributed by atoms with E-state index in [1.54, 1.807) is 7.11 Å². The van der Waals surface area contributed by atoms with Crippen molar-refractivity contribution in [1.82, 2.24) is 9.97 Å². The molecule has 0 fully saturated rings. The first-order chi connectivity index (χ1) is 9.94. The molecule has 0 unspecified atom stereocenters. The van der Waals surface area contributed by atoms with Gasteiger partial charge in [0.1, 0.15) is 11.5 Å². The minimum Gasteiger partial charge on any atom is -0.497 e. The van der Waals surface area contributed by atoms with Crippen LogP contribution in [-0.4, -0.2) is 22.2 Å². The van der Waals surface area contributed by atoms with E-state index in [4.69, 9.17) is 14.6 Å². The lowest BCUT2D eigenvalue weighted by atomic mass is 9.86. The zero-order chi connectivity index (χ0) is 15.5. The fourth-order valence-electron chi connectivity index (χ4n) is 1.90. The summed E-state index contributed by atoms with van der Waals surface area (Å²) < 4.78 is 11.1. The summed E-state index contributed by atoms with van der Waals surface area (Å²) in [7, 11) is 1.64. The molecule has 112 valence electrons. The van der Waals surface area contributed by atoms with Gasteiger partial charge >= 0.3 is 0 Å². The highest BCUT2D eigenvalue weighted by Crippen LogP contribution is 2.36. The Morgan fingerprint density at radius 2 is 1.90 bits per heavy atom. The number of aliphatic hydroxyl groups is 1. The van der Waals surface area contributed by atoms with Gasteiger partial charge in [-0.1, -0.05) is 20.8 Å². The van der Waals surface area contributed by atoms with Crippen molar-refractivity contribution in [2.24, 2.45) is 0 Å². The third kappa shape index (κ3) is 3.70. The Labute approximate surface area is 124 Å². The van der Waals surface area contributed by atoms with Gasteiger partial charge in [0.25, 0.3) is 0 Å². The number of nitrogens with zero attached hydrogens (tertiary/aromatic N) is 2. The van der Waals surface area contributed by atoms with Gasteiger partial charge in [-0.05, 0) is 23.6 Å². The molecule has 0 amide bonds. The largest absolute Gasteiger partial charge is 0.497 e. The SMILES string of the molecule is COc1ccc(Oc2cnc(CO)cn2)c(C(C)(C)C)c1. The first-order valence-corrected chi connectivity index (χ1v) is 6.72. The molecule has 0 radical (unpaired) electrons. The van der Waals surface area contributed by atoms with Crippen LogP contribution in [0.25, 0.3) is 0 Å². The molecule has 0 spiro atoms. The van der Waals surface area contributed by atoms with Gasteiger partial charge < -0.3 is 14.6 Å². The zero-order valence-electron chi connectivity index (χ0n) is 12.8. The monoisotopic (exact) mass is 288 g/mol. The molecule has 0 saturated heterocycles. The quantitative estimate of drug-likeness (QED) is 0.936. The number of methoxy groups -OCH3 is 1. The molecule has 2 rings (SSSR count). The molecular weight excluding hydrogens is 268 g/mol. The second-order valence-electron chi connectivity index (χ2n) is 5.72. The topological polar surface area (TPSA) is 64.5 Å². The molecular formula is C16H20N2O3. The minimum absolute atomic E-state index is 0.0949. The van der Waals surface area contributed by atoms with Crippen LogP contribution >= 0.6 is 0 Å². The number of hydrogen-bond donors (Lipinski definition) is 1. The van der Waals surface area contributed by atoms with Crippen LogP contribution in [0.2, 0.25) is 0 Å². The van der Waals surface area contributed by atoms with Gasteiger partial charge in [-0.3, -0.25) is 4.98 Å². The summed E-state index contributed by atoms with van der Waals surface area (Å²) in [5, 5.41) is 8.97. The van der Waals surface area contributed by atoms with E-state index in [-0.39, 0.29) is 12.0 Å². The first-order valence-electron chi connectivity index (χ1n) is 6.72. The van der Waals surface area contributed by atoms with E-state index >= 15 is 0 Å². The molecule has 21 heavy (non-hydrogen) atoms. The molecule has 0 atom stereocenters. The predicted molar refractivity (Wildman–Crippen MR) is 79.7 cm³/mol. The van der Waals surface area contributed by atoms with E-state index in [0.29, 0.717) is 17.3 Å². The number of ether oxygens (including phenoxy) is 2. The Hall–Kier alpha value is -2.14. The molecule has 0 bridgehead atoms. The maximum absolute atomic E-state index is 8.97. The third-order valence-corrected chi connectivity index (χ3v) is 3.05. The molecule has 1 N–H and O–H groups in total. The highest BCUT2D eigenvalue weighted by molar-refractivity contribution is 5.45. The van der Waals surface area contributed by atoms with Crippen LogP contribution in [-0.2, 0) is 12.0 Å². The van der Waals surface area contributed by atoms with Gasteiger partial charge in [0, 0.05) is 5.56 Å². The highest BCUT2D eigenvalue weighted by atomic mass is 16.5. The molecule has 1 aromatic heterocycles. The van der Waals surface area contributed by atoms with Crippen LogP contribution in [0.3, 0.4) is 0 Å². The normalized spacial score (nSPS) is 11.3. The first kappa shape index (κ1) is 15.3. The van der Waals surface area contributed by atoms with Gasteiger partial charge in [-0.25, -0.2) is 4.98 Å². The van der Waals surface area contributed by atoms with Gasteiger partial charge in [0.2, 0.25) is 5.88 Å². The standard InChI is InChI=1S/C16H20N2O3/c1-16(2,3)13-7-12(20-4)5-6-14(13)21-15-9-17-11(10-19)8-18-15/h5-9,19H,10H2,1-4H3. The van der Waals surface area contributed by atoms with Crippen molar-refractivity contribution in [2.45, 2.75) is 32.8 Å². The Bertz CT molecular complexity index is 604. The van der Waals surface area contributed by atoms with Gasteiger partial charge in [0.05, 0.1) is 31.8 Å². The van der Waals surface area contributed by atoms with Gasteiger partial charge in [0.15, 0.2) is 0 Å². The second-order valence-corrected chi connectivity index (χ2v) is 5.72. The van der Waals surface area contributed by atoms with Crippen LogP contribution in [0.1, 0.15) is 32.0 Å². The smallest absolute Gasteiger partial charge is 0.237 e. The molecule has 5 heteroatoms. The van der Waals surface area contributed by atoms with Crippen molar-refractivity contribution in [3.63, 3.8) is 0 Å². The third-order valence-electron chi connectivity index (χ3n) is 3.05. The molecule has 1 heterocycles. The lowest BCUT2D eigenvalue weighted by molar-refractivity contribution is 0.275. The average molecular weight is 288 g/mol. The summed E-state index contributed by atoms with van der Waals surface area (Å²) in [4.78, 5) is 8.19. The van der Waals surface area contributed by atoms with Gasteiger partial charge in [-0.2, -0.15) is 0 Å². The summed E-state index contributed by atoms with van der Waals surface area (Å²) in [5.41, 5.74) is 1.44. The Morgan fingerprint density at radius 3 is 2.43 bits per heavy atom. The van der Waals surface area contributed by atoms with Gasteiger partial charge in [-0.15, -0.1) is 0 Å². The summed E-state index contributed by atoms with van der Waals surface area (Å²) in [6.07, 6.45) is 3.00. The van der Waals surface area contributed by atoms with Crippen LogP contribution in [0.15, 0.2) is 30.6 Å². The fourth-order valence-corrected chi connectivity index (χ4v) is 1.90. The van der Waals surface area contributed by atoms with Crippen molar-refractivity contribution in [1.29, 1.82) is 0 Å². The maximum atomic E-state index is 8.97. The average Bonchev–Trinajstić information content (AvgIpc) is 2.47. The summed E-state index contributed by atoms with van der Waals surface area (Å²) in [6, 6.07) is 5.67. The molecule has 1 aromatic carbocycles. The summed E-state index contributed by atoms with van der Waals surface area (Å²) >= 11 is 0. The summed E-state index contributed by atoms with van der Waals surface area (Å²) in [5.74, 6) is 1.89. The Kier molecular flexibility index (Phi) is 4.43. The second kappa shape index (κ2) is 6.10. The van der Waals surface area contributed by atoms with E-state index in [9.17, 15) is 0 Å². The van der Waals surface area contributed by atoms with Crippen molar-refractivity contribution in [2.75, 3.05) is 7.11 Å². The summed E-state index contributed by atoms with van der Waals surface area (Å²) in [6.45, 7) is 6.18. The van der Waals surface area contributed by atoms with Crippen LogP contribution in [0.5, 0.6) is 17.4 Å². The molecule has 0 aliphatic carbocycles. The number of aliphatic hydroxyl groups excluding tert-OH is 1. The molecule has 0 aliphatic rings. The number of hydrogen-bond acceptors (Lipinski definition) is 5. The fraction of sp³-hybridized carbons (Fsp3) is 0.375. The molecule has 0 saturated carbocycles. The van der Waals surface area contributed by atoms with E-state index < -0.39 is 0 Å². The van der Waals surface area contributed by atoms with Crippen LogP contribution in [0, 0.1) is 0 Å². The van der Waals surface area contributed by atoms with E-state index in [0.717, 1.165) is 11.3 Å². The minimum atomic E-state index is -0.136. The Balaban J connectivity index is 2.34. The van der Waals surface area contributed by atoms with E-state index in [2.05, 4.69) is 30.7 Å².